The third kappa shape index (κ3) is 1.44. The minimum Gasteiger partial charge on any atom is -0.359 e. The monoisotopic (exact) mass is 189 g/mol. The summed E-state index contributed by atoms with van der Waals surface area (Å²) in [5.41, 5.74) is 0.309. The predicted molar refractivity (Wildman–Crippen MR) is 52.5 cm³/mol. The van der Waals surface area contributed by atoms with E-state index in [-0.39, 0.29) is 5.69 Å². The van der Waals surface area contributed by atoms with E-state index in [9.17, 15) is 9.18 Å². The first kappa shape index (κ1) is 8.69. The number of halogens is 1. The van der Waals surface area contributed by atoms with Gasteiger partial charge in [-0.15, -0.1) is 0 Å². The second kappa shape index (κ2) is 3.46. The molecule has 0 saturated heterocycles. The van der Waals surface area contributed by atoms with E-state index in [1.54, 1.807) is 24.3 Å². The highest BCUT2D eigenvalue weighted by molar-refractivity contribution is 5.58. The van der Waals surface area contributed by atoms with E-state index in [1.807, 2.05) is 6.07 Å². The van der Waals surface area contributed by atoms with Crippen LogP contribution in [-0.4, -0.2) is 4.98 Å². The first-order valence-corrected chi connectivity index (χ1v) is 4.21. The van der Waals surface area contributed by atoms with Crippen LogP contribution in [0.2, 0.25) is 0 Å². The van der Waals surface area contributed by atoms with E-state index in [0.717, 1.165) is 0 Å². The van der Waals surface area contributed by atoms with E-state index in [1.165, 1.54) is 12.3 Å². The van der Waals surface area contributed by atoms with Gasteiger partial charge in [-0.1, -0.05) is 30.3 Å². The van der Waals surface area contributed by atoms with Gasteiger partial charge in [-0.25, -0.2) is 4.39 Å². The highest BCUT2D eigenvalue weighted by Crippen LogP contribution is 2.16. The Bertz CT molecular complexity index is 490. The van der Waals surface area contributed by atoms with Crippen molar-refractivity contribution in [2.45, 2.75) is 0 Å². The van der Waals surface area contributed by atoms with Crippen molar-refractivity contribution in [1.82, 2.24) is 4.98 Å². The molecule has 0 aliphatic carbocycles. The van der Waals surface area contributed by atoms with Crippen molar-refractivity contribution in [2.24, 2.45) is 0 Å². The molecule has 14 heavy (non-hydrogen) atoms. The normalized spacial score (nSPS) is 10.1. The summed E-state index contributed by atoms with van der Waals surface area (Å²) in [7, 11) is 0. The summed E-state index contributed by atoms with van der Waals surface area (Å²) in [4.78, 5) is 13.7. The molecule has 2 rings (SSSR count). The Morgan fingerprint density at radius 2 is 1.79 bits per heavy atom. The molecule has 0 atom stereocenters. The molecule has 0 spiro atoms. The van der Waals surface area contributed by atoms with Crippen molar-refractivity contribution in [2.75, 3.05) is 0 Å². The number of pyridine rings is 1. The van der Waals surface area contributed by atoms with Gasteiger partial charge in [-0.05, 0) is 0 Å². The number of H-pyrrole nitrogens is 1. The fourth-order valence-electron chi connectivity index (χ4n) is 1.28. The van der Waals surface area contributed by atoms with Gasteiger partial charge in [0.25, 0.3) is 0 Å². The summed E-state index contributed by atoms with van der Waals surface area (Å²) >= 11 is 0. The van der Waals surface area contributed by atoms with Crippen molar-refractivity contribution < 1.29 is 4.39 Å². The van der Waals surface area contributed by atoms with Crippen LogP contribution in [0.3, 0.4) is 0 Å². The molecule has 0 unspecified atom stereocenters. The first-order chi connectivity index (χ1) is 6.79. The largest absolute Gasteiger partial charge is 0.359 e. The number of benzene rings is 1. The highest BCUT2D eigenvalue weighted by Gasteiger charge is 2.06. The van der Waals surface area contributed by atoms with Crippen molar-refractivity contribution in [3.05, 3.63) is 58.6 Å². The van der Waals surface area contributed by atoms with E-state index in [0.29, 0.717) is 5.56 Å². The van der Waals surface area contributed by atoms with Crippen LogP contribution in [-0.2, 0) is 0 Å². The molecule has 0 aliphatic heterocycles. The lowest BCUT2D eigenvalue weighted by molar-refractivity contribution is 0.615. The Balaban J connectivity index is 2.64. The maximum Gasteiger partial charge on any atom is 0.217 e. The van der Waals surface area contributed by atoms with Crippen LogP contribution in [0.1, 0.15) is 0 Å². The van der Waals surface area contributed by atoms with E-state index < -0.39 is 11.2 Å². The predicted octanol–water partition coefficient (Wildman–Crippen LogP) is 2.18. The molecule has 3 heteroatoms. The molecule has 1 aromatic carbocycles. The van der Waals surface area contributed by atoms with Gasteiger partial charge in [0.15, 0.2) is 5.82 Å². The van der Waals surface area contributed by atoms with Gasteiger partial charge in [0.2, 0.25) is 5.43 Å². The van der Waals surface area contributed by atoms with Gasteiger partial charge in [0.1, 0.15) is 0 Å². The minimum atomic E-state index is -0.737. The number of nitrogens with one attached hydrogen (secondary N) is 1. The van der Waals surface area contributed by atoms with Gasteiger partial charge in [-0.3, -0.25) is 4.79 Å². The van der Waals surface area contributed by atoms with Crippen molar-refractivity contribution >= 4 is 0 Å². The quantitative estimate of drug-likeness (QED) is 0.732. The fraction of sp³-hybridized carbons (Fsp3) is 0. The van der Waals surface area contributed by atoms with Crippen LogP contribution in [0.5, 0.6) is 0 Å². The molecular formula is C11H8FNO. The third-order valence-electron chi connectivity index (χ3n) is 1.96. The van der Waals surface area contributed by atoms with E-state index >= 15 is 0 Å². The standard InChI is InChI=1S/C11H8FNO/c12-10-9(14)6-7-13-11(10)8-4-2-1-3-5-8/h1-7H,(H,13,14). The zero-order chi connectivity index (χ0) is 9.97. The SMILES string of the molecule is O=c1cc[nH]c(-c2ccccc2)c1F. The lowest BCUT2D eigenvalue weighted by Gasteiger charge is -2.01. The molecule has 2 aromatic rings. The smallest absolute Gasteiger partial charge is 0.217 e. The van der Waals surface area contributed by atoms with Gasteiger partial charge in [0.05, 0.1) is 5.69 Å². The summed E-state index contributed by atoms with van der Waals surface area (Å²) in [6, 6.07) is 10.1. The lowest BCUT2D eigenvalue weighted by Crippen LogP contribution is -2.07. The van der Waals surface area contributed by atoms with Crippen LogP contribution >= 0.6 is 0 Å². The topological polar surface area (TPSA) is 32.9 Å². The van der Waals surface area contributed by atoms with Crippen LogP contribution in [0, 0.1) is 5.82 Å². The Hall–Kier alpha value is -1.90. The Labute approximate surface area is 80.0 Å². The highest BCUT2D eigenvalue weighted by atomic mass is 19.1. The Morgan fingerprint density at radius 3 is 2.50 bits per heavy atom. The molecule has 0 fully saturated rings. The first-order valence-electron chi connectivity index (χ1n) is 4.21. The van der Waals surface area contributed by atoms with Gasteiger partial charge < -0.3 is 4.98 Å². The van der Waals surface area contributed by atoms with E-state index in [4.69, 9.17) is 0 Å². The summed E-state index contributed by atoms with van der Waals surface area (Å²) in [5.74, 6) is -0.737. The van der Waals surface area contributed by atoms with Crippen molar-refractivity contribution in [3.63, 3.8) is 0 Å². The second-order valence-electron chi connectivity index (χ2n) is 2.90. The zero-order valence-electron chi connectivity index (χ0n) is 7.33. The molecule has 1 heterocycles. The average molecular weight is 189 g/mol. The second-order valence-corrected chi connectivity index (χ2v) is 2.90. The number of hydrogen-bond acceptors (Lipinski definition) is 1. The third-order valence-corrected chi connectivity index (χ3v) is 1.96. The van der Waals surface area contributed by atoms with Crippen LogP contribution in [0.25, 0.3) is 11.3 Å². The molecule has 0 bridgehead atoms. The molecule has 2 nitrogen and oxygen atoms in total. The molecule has 0 aliphatic rings. The van der Waals surface area contributed by atoms with E-state index in [2.05, 4.69) is 4.98 Å². The van der Waals surface area contributed by atoms with Gasteiger partial charge in [-0.2, -0.15) is 0 Å². The van der Waals surface area contributed by atoms with Crippen molar-refractivity contribution in [1.29, 1.82) is 0 Å². The number of aromatic amines is 1. The minimum absolute atomic E-state index is 0.234. The average Bonchev–Trinajstić information content (AvgIpc) is 2.23. The summed E-state index contributed by atoms with van der Waals surface area (Å²) in [6.07, 6.45) is 1.44. The summed E-state index contributed by atoms with van der Waals surface area (Å²) in [6.45, 7) is 0. The van der Waals surface area contributed by atoms with Crippen LogP contribution in [0.4, 0.5) is 4.39 Å². The molecular weight excluding hydrogens is 181 g/mol. The number of hydrogen-bond donors (Lipinski definition) is 1. The zero-order valence-corrected chi connectivity index (χ0v) is 7.33. The fourth-order valence-corrected chi connectivity index (χ4v) is 1.28. The van der Waals surface area contributed by atoms with Crippen LogP contribution in [0.15, 0.2) is 47.4 Å². The molecule has 1 aromatic heterocycles. The maximum absolute atomic E-state index is 13.3. The number of aromatic nitrogens is 1. The Kier molecular flexibility index (Phi) is 2.14. The molecule has 0 radical (unpaired) electrons. The molecule has 1 N–H and O–H groups in total. The Morgan fingerprint density at radius 1 is 1.07 bits per heavy atom. The van der Waals surface area contributed by atoms with Crippen LogP contribution < -0.4 is 5.43 Å². The van der Waals surface area contributed by atoms with Crippen molar-refractivity contribution in [3.8, 4) is 11.3 Å². The number of rotatable bonds is 1. The molecule has 0 amide bonds. The maximum atomic E-state index is 13.3. The lowest BCUT2D eigenvalue weighted by atomic mass is 10.1. The molecule has 70 valence electrons. The van der Waals surface area contributed by atoms with Gasteiger partial charge >= 0.3 is 0 Å². The molecule has 0 saturated carbocycles. The summed E-state index contributed by atoms with van der Waals surface area (Å²) in [5, 5.41) is 0. The summed E-state index contributed by atoms with van der Waals surface area (Å²) < 4.78 is 13.3. The van der Waals surface area contributed by atoms with Gasteiger partial charge in [0, 0.05) is 17.8 Å².